The normalized spacial score (nSPS) is 10.4. The summed E-state index contributed by atoms with van der Waals surface area (Å²) < 4.78 is 10.1. The SMILES string of the molecule is CC(C)c1ccc(=O)[nH]c1.COc1cc(C(C)C)ccn1.COc1ccnc(C(C)C)c1.Cc1cc(C)nc(C(C)C)n1.Cc1ccnc(C(C)C)c1.Cc1cnc(C(C)C)cc1C.Cc1cnc(C(C)C)cn1.Cc1cnc(C(C)C)nc1.Cc1ncc(C(C)C)cn1. The highest BCUT2D eigenvalue weighted by Crippen LogP contribution is 2.20. The minimum atomic E-state index is -0.0376. The van der Waals surface area contributed by atoms with Crippen LogP contribution >= 0.6 is 0 Å². The van der Waals surface area contributed by atoms with Gasteiger partial charge in [-0.3, -0.25) is 29.7 Å². The van der Waals surface area contributed by atoms with E-state index in [-0.39, 0.29) is 5.56 Å². The summed E-state index contributed by atoms with van der Waals surface area (Å²) in [5.74, 6) is 8.70. The van der Waals surface area contributed by atoms with E-state index in [2.05, 4.69) is 222 Å². The van der Waals surface area contributed by atoms with E-state index in [9.17, 15) is 4.79 Å². The molecule has 1 N–H and O–H groups in total. The molecule has 16 heteroatoms. The van der Waals surface area contributed by atoms with Crippen LogP contribution in [0, 0.1) is 55.4 Å². The maximum Gasteiger partial charge on any atom is 0.247 e. The van der Waals surface area contributed by atoms with Crippen molar-refractivity contribution in [2.45, 2.75) is 233 Å². The van der Waals surface area contributed by atoms with Crippen molar-refractivity contribution in [2.75, 3.05) is 14.2 Å². The molecule has 0 amide bonds. The number of rotatable bonds is 11. The van der Waals surface area contributed by atoms with E-state index in [1.807, 2.05) is 120 Å². The molecule has 0 spiro atoms. The van der Waals surface area contributed by atoms with Crippen molar-refractivity contribution < 1.29 is 9.47 Å². The second-order valence-electron chi connectivity index (χ2n) is 25.9. The lowest BCUT2D eigenvalue weighted by atomic mass is 10.1. The Bertz CT molecular complexity index is 3330. The molecule has 0 fully saturated rings. The molecule has 94 heavy (non-hydrogen) atoms. The van der Waals surface area contributed by atoms with Gasteiger partial charge in [-0.15, -0.1) is 0 Å². The number of nitrogens with zero attached hydrogens (tertiary/aromatic N) is 12. The first-order valence-electron chi connectivity index (χ1n) is 32.9. The van der Waals surface area contributed by atoms with Crippen molar-refractivity contribution in [3.63, 3.8) is 0 Å². The zero-order valence-corrected chi connectivity index (χ0v) is 62.4. The van der Waals surface area contributed by atoms with Gasteiger partial charge in [0.05, 0.1) is 25.6 Å². The van der Waals surface area contributed by atoms with E-state index in [1.165, 1.54) is 44.8 Å². The number of ether oxygens (including phenoxy) is 2. The van der Waals surface area contributed by atoms with Crippen molar-refractivity contribution in [3.8, 4) is 11.6 Å². The highest BCUT2D eigenvalue weighted by molar-refractivity contribution is 5.26. The molecule has 0 aliphatic rings. The number of methoxy groups -OCH3 is 2. The zero-order chi connectivity index (χ0) is 71.2. The number of H-pyrrole nitrogens is 1. The van der Waals surface area contributed by atoms with Gasteiger partial charge in [-0.05, 0) is 172 Å². The fraction of sp³-hybridized carbons (Fsp3) is 0.474. The molecule has 0 radical (unpaired) electrons. The highest BCUT2D eigenvalue weighted by Gasteiger charge is 2.06. The van der Waals surface area contributed by atoms with Gasteiger partial charge in [-0.2, -0.15) is 0 Å². The van der Waals surface area contributed by atoms with Crippen molar-refractivity contribution in [2.24, 2.45) is 0 Å². The Balaban J connectivity index is 0.000000529. The molecule has 0 aliphatic carbocycles. The minimum absolute atomic E-state index is 0.0376. The molecule has 510 valence electrons. The van der Waals surface area contributed by atoms with E-state index in [0.717, 1.165) is 57.3 Å². The van der Waals surface area contributed by atoms with E-state index in [1.54, 1.807) is 45.1 Å². The van der Waals surface area contributed by atoms with Gasteiger partial charge in [0.15, 0.2) is 0 Å². The minimum Gasteiger partial charge on any atom is -0.497 e. The molecule has 0 saturated heterocycles. The average molecular weight is 1280 g/mol. The van der Waals surface area contributed by atoms with Crippen LogP contribution in [0.15, 0.2) is 134 Å². The summed E-state index contributed by atoms with van der Waals surface area (Å²) in [7, 11) is 3.30. The molecule has 0 atom stereocenters. The number of nitrogens with one attached hydrogen (secondary N) is 1. The number of pyridine rings is 5. The summed E-state index contributed by atoms with van der Waals surface area (Å²) in [4.78, 5) is 63.5. The Morgan fingerprint density at radius 3 is 1.27 bits per heavy atom. The topological polar surface area (TPSA) is 206 Å². The van der Waals surface area contributed by atoms with Crippen LogP contribution in [0.25, 0.3) is 0 Å². The van der Waals surface area contributed by atoms with Gasteiger partial charge < -0.3 is 14.5 Å². The summed E-state index contributed by atoms with van der Waals surface area (Å²) in [5, 5.41) is 0. The number of aromatic nitrogens is 13. The van der Waals surface area contributed by atoms with Crippen molar-refractivity contribution in [3.05, 3.63) is 235 Å². The molecule has 0 bridgehead atoms. The molecular weight excluding hydrogens is 1170 g/mol. The van der Waals surface area contributed by atoms with Crippen LogP contribution < -0.4 is 15.0 Å². The standard InChI is InChI=1S/C10H15N.C9H14N2.2C9H13NO.C9H13N.3C8H12N2.C8H11NO/c1-7(2)10-5-8(3)9(4)6-11-10;1-6(2)9-10-7(3)5-8(4)11-9;1-7(2)9-6-8(11-3)4-5-10-9;1-7(2)8-4-5-10-9(6-8)11-3;1-7(2)9-6-8(3)4-5-10-9;1-6(2)8-4-9-7(3)10-5-8;1-6(2)8-5-9-7(3)4-10-8;1-6(2)8-9-4-7(3)5-10-8;1-6(2)7-3-4-8(10)9-5-7/h5-7H,1-4H3;5-6H,1-4H3;2*4-7H,1-3H3;4-7H,1-3H3;3*4-6H,1-3H3;3-6H,1-2H3,(H,9,10). The molecule has 9 rings (SSSR count). The number of aryl methyl sites for hydroxylation is 8. The van der Waals surface area contributed by atoms with E-state index in [0.29, 0.717) is 59.1 Å². The first-order valence-corrected chi connectivity index (χ1v) is 32.9. The largest absolute Gasteiger partial charge is 0.497 e. The monoisotopic (exact) mass is 1280 g/mol. The first kappa shape index (κ1) is 83.5. The van der Waals surface area contributed by atoms with Crippen LogP contribution in [-0.2, 0) is 0 Å². The highest BCUT2D eigenvalue weighted by atomic mass is 16.5. The second kappa shape index (κ2) is 44.9. The second-order valence-corrected chi connectivity index (χ2v) is 25.9. The summed E-state index contributed by atoms with van der Waals surface area (Å²) in [5.41, 5.74) is 16.2. The average Bonchev–Trinajstić information content (AvgIpc) is 1.09. The fourth-order valence-corrected chi connectivity index (χ4v) is 7.50. The summed E-state index contributed by atoms with van der Waals surface area (Å²) in [6, 6.07) is 19.5. The van der Waals surface area contributed by atoms with Gasteiger partial charge in [0.2, 0.25) is 11.4 Å². The van der Waals surface area contributed by atoms with Gasteiger partial charge in [0, 0.05) is 127 Å². The number of hydrogen-bond donors (Lipinski definition) is 1. The van der Waals surface area contributed by atoms with Crippen LogP contribution in [0.2, 0.25) is 0 Å². The number of aromatic amines is 1. The Labute approximate surface area is 566 Å². The molecule has 0 saturated carbocycles. The van der Waals surface area contributed by atoms with Crippen LogP contribution in [0.3, 0.4) is 0 Å². The van der Waals surface area contributed by atoms with Gasteiger partial charge in [-0.1, -0.05) is 131 Å². The van der Waals surface area contributed by atoms with E-state index in [4.69, 9.17) is 9.47 Å². The maximum absolute atomic E-state index is 10.6. The maximum atomic E-state index is 10.6. The Morgan fingerprint density at radius 1 is 0.340 bits per heavy atom. The Hall–Kier alpha value is -8.53. The predicted octanol–water partition coefficient (Wildman–Crippen LogP) is 19.2. The molecule has 9 aromatic rings. The Morgan fingerprint density at radius 2 is 0.840 bits per heavy atom. The third-order valence-corrected chi connectivity index (χ3v) is 13.9. The fourth-order valence-electron chi connectivity index (χ4n) is 7.50. The van der Waals surface area contributed by atoms with Gasteiger partial charge in [0.1, 0.15) is 23.2 Å². The van der Waals surface area contributed by atoms with Gasteiger partial charge >= 0.3 is 0 Å². The van der Waals surface area contributed by atoms with Crippen molar-refractivity contribution in [1.82, 2.24) is 64.8 Å². The summed E-state index contributed by atoms with van der Waals surface area (Å²) >= 11 is 0. The lowest BCUT2D eigenvalue weighted by Crippen LogP contribution is -2.03. The molecule has 0 aromatic carbocycles. The predicted molar refractivity (Wildman–Crippen MR) is 390 cm³/mol. The summed E-state index contributed by atoms with van der Waals surface area (Å²) in [6.07, 6.45) is 20.2. The quantitative estimate of drug-likeness (QED) is 0.128. The van der Waals surface area contributed by atoms with Gasteiger partial charge in [0.25, 0.3) is 0 Å². The van der Waals surface area contributed by atoms with Crippen LogP contribution in [0.5, 0.6) is 11.6 Å². The van der Waals surface area contributed by atoms with Crippen molar-refractivity contribution in [1.29, 1.82) is 0 Å². The molecular formula is C78H115N13O3. The summed E-state index contributed by atoms with van der Waals surface area (Å²) in [6.45, 7) is 54.3. The van der Waals surface area contributed by atoms with Gasteiger partial charge in [-0.25, -0.2) is 34.9 Å². The van der Waals surface area contributed by atoms with Crippen LogP contribution in [-0.4, -0.2) is 79.0 Å². The molecule has 9 heterocycles. The smallest absolute Gasteiger partial charge is 0.247 e. The van der Waals surface area contributed by atoms with E-state index >= 15 is 0 Å². The van der Waals surface area contributed by atoms with Crippen molar-refractivity contribution >= 4 is 0 Å². The lowest BCUT2D eigenvalue weighted by Gasteiger charge is -2.06. The number of hydrogen-bond acceptors (Lipinski definition) is 15. The van der Waals surface area contributed by atoms with E-state index < -0.39 is 0 Å². The molecule has 9 aromatic heterocycles. The first-order chi connectivity index (χ1) is 44.2. The zero-order valence-electron chi connectivity index (χ0n) is 62.4. The molecule has 0 unspecified atom stereocenters. The molecule has 0 aliphatic heterocycles. The lowest BCUT2D eigenvalue weighted by molar-refractivity contribution is 0.397. The third-order valence-electron chi connectivity index (χ3n) is 13.9. The third kappa shape index (κ3) is 35.5. The molecule has 16 nitrogen and oxygen atoms in total. The van der Waals surface area contributed by atoms with Crippen LogP contribution in [0.1, 0.15) is 274 Å². The Kier molecular flexibility index (Phi) is 39.9. The van der Waals surface area contributed by atoms with Crippen LogP contribution in [0.4, 0.5) is 0 Å².